The van der Waals surface area contributed by atoms with Gasteiger partial charge in [-0.2, -0.15) is 5.10 Å². The van der Waals surface area contributed by atoms with Crippen LogP contribution in [-0.2, 0) is 4.79 Å². The molecule has 6 heteroatoms. The number of nitrogens with one attached hydrogen (secondary N) is 2. The normalized spacial score (nSPS) is 11.2. The highest BCUT2D eigenvalue weighted by Crippen LogP contribution is 2.02. The molecule has 0 unspecified atom stereocenters. The number of amides is 1. The average molecular weight is 251 g/mol. The van der Waals surface area contributed by atoms with E-state index in [1.807, 2.05) is 34.6 Å². The molecular formula is C12H21N5O. The zero-order valence-electron chi connectivity index (χ0n) is 11.7. The van der Waals surface area contributed by atoms with Gasteiger partial charge in [0.25, 0.3) is 0 Å². The monoisotopic (exact) mass is 251 g/mol. The van der Waals surface area contributed by atoms with Crippen molar-refractivity contribution in [3.63, 3.8) is 0 Å². The van der Waals surface area contributed by atoms with E-state index in [0.717, 1.165) is 11.4 Å². The standard InChI is InChI=1S/C12H21N5O/c1-8-9(2)16-17-11(14-8)13-7-6-10(18)15-12(3,4)5/h6-7H2,1-5H3,(H,15,18)(H,13,14,17). The topological polar surface area (TPSA) is 79.8 Å². The van der Waals surface area contributed by atoms with Gasteiger partial charge in [0, 0.05) is 18.5 Å². The van der Waals surface area contributed by atoms with Gasteiger partial charge in [-0.25, -0.2) is 4.98 Å². The minimum absolute atomic E-state index is 0.00629. The Morgan fingerprint density at radius 3 is 2.39 bits per heavy atom. The van der Waals surface area contributed by atoms with Crippen LogP contribution in [0.3, 0.4) is 0 Å². The highest BCUT2D eigenvalue weighted by atomic mass is 16.1. The number of nitrogens with zero attached hydrogens (tertiary/aromatic N) is 3. The summed E-state index contributed by atoms with van der Waals surface area (Å²) in [6, 6.07) is 0. The number of rotatable bonds is 4. The first-order valence-corrected chi connectivity index (χ1v) is 6.01. The van der Waals surface area contributed by atoms with Crippen LogP contribution in [0.25, 0.3) is 0 Å². The molecule has 0 saturated heterocycles. The first-order chi connectivity index (χ1) is 8.28. The van der Waals surface area contributed by atoms with Crippen LogP contribution in [0.15, 0.2) is 0 Å². The predicted octanol–water partition coefficient (Wildman–Crippen LogP) is 1.21. The van der Waals surface area contributed by atoms with Crippen LogP contribution >= 0.6 is 0 Å². The number of hydrogen-bond donors (Lipinski definition) is 2. The predicted molar refractivity (Wildman–Crippen MR) is 70.3 cm³/mol. The quantitative estimate of drug-likeness (QED) is 0.840. The van der Waals surface area contributed by atoms with Crippen molar-refractivity contribution < 1.29 is 4.79 Å². The van der Waals surface area contributed by atoms with E-state index in [1.54, 1.807) is 0 Å². The molecule has 0 fully saturated rings. The summed E-state index contributed by atoms with van der Waals surface area (Å²) < 4.78 is 0. The lowest BCUT2D eigenvalue weighted by Crippen LogP contribution is -2.41. The second-order valence-corrected chi connectivity index (χ2v) is 5.28. The van der Waals surface area contributed by atoms with Gasteiger partial charge in [-0.15, -0.1) is 5.10 Å². The molecule has 0 aliphatic carbocycles. The summed E-state index contributed by atoms with van der Waals surface area (Å²) >= 11 is 0. The van der Waals surface area contributed by atoms with Crippen molar-refractivity contribution in [3.05, 3.63) is 11.4 Å². The Bertz CT molecular complexity index is 425. The molecule has 0 aromatic carbocycles. The fourth-order valence-corrected chi connectivity index (χ4v) is 1.30. The third-order valence-corrected chi connectivity index (χ3v) is 2.24. The maximum atomic E-state index is 11.6. The van der Waals surface area contributed by atoms with Gasteiger partial charge in [-0.1, -0.05) is 0 Å². The Hall–Kier alpha value is -1.72. The van der Waals surface area contributed by atoms with Crippen molar-refractivity contribution in [3.8, 4) is 0 Å². The third kappa shape index (κ3) is 5.07. The van der Waals surface area contributed by atoms with E-state index >= 15 is 0 Å². The lowest BCUT2D eigenvalue weighted by atomic mass is 10.1. The Morgan fingerprint density at radius 2 is 1.83 bits per heavy atom. The minimum Gasteiger partial charge on any atom is -0.352 e. The summed E-state index contributed by atoms with van der Waals surface area (Å²) in [6.45, 7) is 10.1. The van der Waals surface area contributed by atoms with E-state index in [2.05, 4.69) is 25.8 Å². The van der Waals surface area contributed by atoms with Gasteiger partial charge in [-0.3, -0.25) is 4.79 Å². The summed E-state index contributed by atoms with van der Waals surface area (Å²) in [7, 11) is 0. The molecule has 2 N–H and O–H groups in total. The zero-order valence-corrected chi connectivity index (χ0v) is 11.7. The van der Waals surface area contributed by atoms with Crippen LogP contribution in [0.2, 0.25) is 0 Å². The molecule has 0 bridgehead atoms. The molecule has 0 saturated carbocycles. The Labute approximate surface area is 108 Å². The minimum atomic E-state index is -0.199. The van der Waals surface area contributed by atoms with Gasteiger partial charge in [0.1, 0.15) is 0 Å². The van der Waals surface area contributed by atoms with Gasteiger partial charge in [-0.05, 0) is 34.6 Å². The van der Waals surface area contributed by atoms with Crippen molar-refractivity contribution >= 4 is 11.9 Å². The lowest BCUT2D eigenvalue weighted by molar-refractivity contribution is -0.122. The fourth-order valence-electron chi connectivity index (χ4n) is 1.30. The Kier molecular flexibility index (Phi) is 4.58. The van der Waals surface area contributed by atoms with Gasteiger partial charge in [0.15, 0.2) is 0 Å². The molecule has 18 heavy (non-hydrogen) atoms. The SMILES string of the molecule is Cc1nnc(NCCC(=O)NC(C)(C)C)nc1C. The second kappa shape index (κ2) is 5.75. The first kappa shape index (κ1) is 14.3. The van der Waals surface area contributed by atoms with Crippen molar-refractivity contribution in [1.82, 2.24) is 20.5 Å². The second-order valence-electron chi connectivity index (χ2n) is 5.28. The van der Waals surface area contributed by atoms with Gasteiger partial charge in [0.2, 0.25) is 11.9 Å². The molecule has 0 atom stereocenters. The first-order valence-electron chi connectivity index (χ1n) is 6.01. The third-order valence-electron chi connectivity index (χ3n) is 2.24. The number of aryl methyl sites for hydroxylation is 2. The van der Waals surface area contributed by atoms with E-state index in [9.17, 15) is 4.79 Å². The largest absolute Gasteiger partial charge is 0.352 e. The van der Waals surface area contributed by atoms with Gasteiger partial charge in [0.05, 0.1) is 11.4 Å². The van der Waals surface area contributed by atoms with E-state index < -0.39 is 0 Å². The van der Waals surface area contributed by atoms with E-state index in [0.29, 0.717) is 18.9 Å². The average Bonchev–Trinajstić information content (AvgIpc) is 2.20. The molecule has 0 aliphatic rings. The summed E-state index contributed by atoms with van der Waals surface area (Å²) in [6.07, 6.45) is 0.382. The van der Waals surface area contributed by atoms with Crippen molar-refractivity contribution in [1.29, 1.82) is 0 Å². The smallest absolute Gasteiger partial charge is 0.242 e. The van der Waals surface area contributed by atoms with Crippen molar-refractivity contribution in [2.75, 3.05) is 11.9 Å². The van der Waals surface area contributed by atoms with Gasteiger partial charge >= 0.3 is 0 Å². The summed E-state index contributed by atoms with van der Waals surface area (Å²) in [5, 5.41) is 13.7. The molecular weight excluding hydrogens is 230 g/mol. The molecule has 6 nitrogen and oxygen atoms in total. The Balaban J connectivity index is 2.38. The zero-order chi connectivity index (χ0) is 13.8. The maximum Gasteiger partial charge on any atom is 0.242 e. The number of carbonyl (C=O) groups is 1. The molecule has 1 rings (SSSR count). The van der Waals surface area contributed by atoms with E-state index in [-0.39, 0.29) is 11.4 Å². The molecule has 1 amide bonds. The number of carbonyl (C=O) groups excluding carboxylic acids is 1. The highest BCUT2D eigenvalue weighted by Gasteiger charge is 2.13. The summed E-state index contributed by atoms with van der Waals surface area (Å²) in [5.41, 5.74) is 1.45. The molecule has 0 radical (unpaired) electrons. The fraction of sp³-hybridized carbons (Fsp3) is 0.667. The summed E-state index contributed by atoms with van der Waals surface area (Å²) in [4.78, 5) is 15.8. The van der Waals surface area contributed by atoms with E-state index in [4.69, 9.17) is 0 Å². The molecule has 1 aromatic rings. The lowest BCUT2D eigenvalue weighted by Gasteiger charge is -2.20. The molecule has 0 spiro atoms. The maximum absolute atomic E-state index is 11.6. The highest BCUT2D eigenvalue weighted by molar-refractivity contribution is 5.77. The van der Waals surface area contributed by atoms with Gasteiger partial charge < -0.3 is 10.6 Å². The van der Waals surface area contributed by atoms with Crippen LogP contribution in [-0.4, -0.2) is 33.2 Å². The van der Waals surface area contributed by atoms with Crippen LogP contribution in [0.1, 0.15) is 38.6 Å². The van der Waals surface area contributed by atoms with Crippen molar-refractivity contribution in [2.24, 2.45) is 0 Å². The molecule has 1 heterocycles. The number of hydrogen-bond acceptors (Lipinski definition) is 5. The van der Waals surface area contributed by atoms with Crippen LogP contribution in [0, 0.1) is 13.8 Å². The van der Waals surface area contributed by atoms with Crippen LogP contribution < -0.4 is 10.6 Å². The summed E-state index contributed by atoms with van der Waals surface area (Å²) in [5.74, 6) is 0.466. The van der Waals surface area contributed by atoms with Crippen LogP contribution in [0.4, 0.5) is 5.95 Å². The van der Waals surface area contributed by atoms with E-state index in [1.165, 1.54) is 0 Å². The Morgan fingerprint density at radius 1 is 1.17 bits per heavy atom. The molecule has 1 aromatic heterocycles. The van der Waals surface area contributed by atoms with Crippen LogP contribution in [0.5, 0.6) is 0 Å². The van der Waals surface area contributed by atoms with Crippen molar-refractivity contribution in [2.45, 2.75) is 46.6 Å². The number of anilines is 1. The number of aromatic nitrogens is 3. The molecule has 100 valence electrons. The molecule has 0 aliphatic heterocycles.